The Morgan fingerprint density at radius 1 is 1.32 bits per heavy atom. The number of benzene rings is 1. The second-order valence-electron chi connectivity index (χ2n) is 5.20. The Morgan fingerprint density at radius 2 is 2.00 bits per heavy atom. The van der Waals surface area contributed by atoms with E-state index in [-0.39, 0.29) is 17.5 Å². The molecule has 1 aromatic carbocycles. The summed E-state index contributed by atoms with van der Waals surface area (Å²) in [5, 5.41) is 19.8. The fourth-order valence-electron chi connectivity index (χ4n) is 2.13. The van der Waals surface area contributed by atoms with Gasteiger partial charge in [0.15, 0.2) is 0 Å². The van der Waals surface area contributed by atoms with Crippen LogP contribution < -0.4 is 0 Å². The average molecular weight is 262 g/mol. The first kappa shape index (κ1) is 13.5. The maximum absolute atomic E-state index is 11.1. The lowest BCUT2D eigenvalue weighted by Crippen LogP contribution is -2.19. The molecule has 1 aliphatic rings. The minimum Gasteiger partial charge on any atom is -0.508 e. The van der Waals surface area contributed by atoms with Crippen LogP contribution in [-0.4, -0.2) is 21.8 Å². The van der Waals surface area contributed by atoms with Crippen molar-refractivity contribution in [2.24, 2.45) is 0 Å². The molecule has 0 aromatic heterocycles. The van der Waals surface area contributed by atoms with E-state index in [1.807, 2.05) is 6.92 Å². The van der Waals surface area contributed by atoms with Crippen LogP contribution in [0, 0.1) is 13.8 Å². The number of ether oxygens (including phenoxy) is 1. The maximum Gasteiger partial charge on any atom is 0.306 e. The standard InChI is InChI=1S/C15H18O4/c1-9-10(2)14(18)11(8-12(9)16)4-6-15(3)7-5-13(17)19-15/h4,6,8,16,18H,5,7H2,1-3H3/b6-4+. The highest BCUT2D eigenvalue weighted by Crippen LogP contribution is 2.34. The van der Waals surface area contributed by atoms with E-state index >= 15 is 0 Å². The molecule has 1 aromatic rings. The summed E-state index contributed by atoms with van der Waals surface area (Å²) in [5.41, 5.74) is 1.20. The third-order valence-electron chi connectivity index (χ3n) is 3.66. The Morgan fingerprint density at radius 3 is 2.58 bits per heavy atom. The van der Waals surface area contributed by atoms with Crippen molar-refractivity contribution < 1.29 is 19.7 Å². The number of hydrogen-bond acceptors (Lipinski definition) is 4. The van der Waals surface area contributed by atoms with Gasteiger partial charge in [-0.15, -0.1) is 0 Å². The number of phenolic OH excluding ortho intramolecular Hbond substituents is 2. The highest BCUT2D eigenvalue weighted by molar-refractivity contribution is 5.73. The fraction of sp³-hybridized carbons (Fsp3) is 0.400. The monoisotopic (exact) mass is 262 g/mol. The largest absolute Gasteiger partial charge is 0.508 e. The summed E-state index contributed by atoms with van der Waals surface area (Å²) in [4.78, 5) is 11.1. The lowest BCUT2D eigenvalue weighted by atomic mass is 9.98. The predicted octanol–water partition coefficient (Wildman–Crippen LogP) is 2.82. The van der Waals surface area contributed by atoms with Crippen molar-refractivity contribution in [2.45, 2.75) is 39.2 Å². The molecule has 1 heterocycles. The number of aromatic hydroxyl groups is 2. The van der Waals surface area contributed by atoms with Gasteiger partial charge in [0, 0.05) is 18.4 Å². The van der Waals surface area contributed by atoms with Gasteiger partial charge in [-0.3, -0.25) is 4.79 Å². The lowest BCUT2D eigenvalue weighted by molar-refractivity contribution is -0.144. The molecule has 0 spiro atoms. The molecule has 0 amide bonds. The first-order valence-electron chi connectivity index (χ1n) is 6.25. The van der Waals surface area contributed by atoms with Gasteiger partial charge >= 0.3 is 5.97 Å². The van der Waals surface area contributed by atoms with E-state index in [0.29, 0.717) is 29.5 Å². The molecule has 1 atom stereocenters. The Kier molecular flexibility index (Phi) is 3.27. The zero-order chi connectivity index (χ0) is 14.2. The second kappa shape index (κ2) is 4.61. The summed E-state index contributed by atoms with van der Waals surface area (Å²) >= 11 is 0. The number of esters is 1. The van der Waals surface area contributed by atoms with Crippen molar-refractivity contribution >= 4 is 12.0 Å². The number of cyclic esters (lactones) is 1. The normalized spacial score (nSPS) is 23.0. The zero-order valence-corrected chi connectivity index (χ0v) is 11.4. The van der Waals surface area contributed by atoms with Gasteiger partial charge in [0.2, 0.25) is 0 Å². The molecule has 19 heavy (non-hydrogen) atoms. The van der Waals surface area contributed by atoms with Crippen LogP contribution in [0.1, 0.15) is 36.5 Å². The summed E-state index contributed by atoms with van der Waals surface area (Å²) in [7, 11) is 0. The first-order chi connectivity index (χ1) is 8.82. The number of phenols is 2. The van der Waals surface area contributed by atoms with Crippen LogP contribution in [0.5, 0.6) is 11.5 Å². The molecule has 1 fully saturated rings. The molecule has 1 aliphatic heterocycles. The van der Waals surface area contributed by atoms with Gasteiger partial charge in [0.05, 0.1) is 0 Å². The van der Waals surface area contributed by atoms with Crippen molar-refractivity contribution in [3.63, 3.8) is 0 Å². The van der Waals surface area contributed by atoms with E-state index < -0.39 is 5.60 Å². The van der Waals surface area contributed by atoms with E-state index in [1.54, 1.807) is 26.0 Å². The zero-order valence-electron chi connectivity index (χ0n) is 11.4. The van der Waals surface area contributed by atoms with Gasteiger partial charge in [0.1, 0.15) is 17.1 Å². The molecule has 0 radical (unpaired) electrons. The Labute approximate surface area is 112 Å². The highest BCUT2D eigenvalue weighted by Gasteiger charge is 2.33. The van der Waals surface area contributed by atoms with Crippen LogP contribution in [0.25, 0.3) is 6.08 Å². The van der Waals surface area contributed by atoms with Gasteiger partial charge in [0.25, 0.3) is 0 Å². The van der Waals surface area contributed by atoms with Crippen LogP contribution in [0.15, 0.2) is 12.1 Å². The first-order valence-corrected chi connectivity index (χ1v) is 6.25. The summed E-state index contributed by atoms with van der Waals surface area (Å²) in [5.74, 6) is 0.0716. The van der Waals surface area contributed by atoms with E-state index in [0.717, 1.165) is 0 Å². The van der Waals surface area contributed by atoms with Crippen LogP contribution in [0.3, 0.4) is 0 Å². The molecule has 4 nitrogen and oxygen atoms in total. The molecule has 2 rings (SSSR count). The Bertz CT molecular complexity index is 560. The van der Waals surface area contributed by atoms with Crippen molar-refractivity contribution in [2.75, 3.05) is 0 Å². The van der Waals surface area contributed by atoms with E-state index in [1.165, 1.54) is 6.07 Å². The Balaban J connectivity index is 2.32. The molecular formula is C15H18O4. The molecule has 102 valence electrons. The fourth-order valence-corrected chi connectivity index (χ4v) is 2.13. The summed E-state index contributed by atoms with van der Waals surface area (Å²) in [6.45, 7) is 5.32. The average Bonchev–Trinajstić information content (AvgIpc) is 2.70. The lowest BCUT2D eigenvalue weighted by Gasteiger charge is -2.17. The molecule has 0 saturated carbocycles. The van der Waals surface area contributed by atoms with Gasteiger partial charge < -0.3 is 14.9 Å². The molecule has 0 bridgehead atoms. The SMILES string of the molecule is Cc1c(O)cc(/C=C/C2(C)CCC(=O)O2)c(O)c1C. The van der Waals surface area contributed by atoms with E-state index in [4.69, 9.17) is 4.74 Å². The minimum absolute atomic E-state index is 0.138. The molecule has 1 saturated heterocycles. The summed E-state index contributed by atoms with van der Waals surface area (Å²) in [6.07, 6.45) is 4.46. The molecule has 0 aliphatic carbocycles. The van der Waals surface area contributed by atoms with E-state index in [9.17, 15) is 15.0 Å². The summed E-state index contributed by atoms with van der Waals surface area (Å²) < 4.78 is 5.22. The minimum atomic E-state index is -0.627. The third kappa shape index (κ3) is 2.57. The molecule has 2 N–H and O–H groups in total. The number of carbonyl (C=O) groups excluding carboxylic acids is 1. The number of hydrogen-bond donors (Lipinski definition) is 2. The Hall–Kier alpha value is -1.97. The van der Waals surface area contributed by atoms with Crippen LogP contribution in [-0.2, 0) is 9.53 Å². The van der Waals surface area contributed by atoms with Gasteiger partial charge in [-0.05, 0) is 44.0 Å². The van der Waals surface area contributed by atoms with Crippen LogP contribution >= 0.6 is 0 Å². The molecular weight excluding hydrogens is 244 g/mol. The smallest absolute Gasteiger partial charge is 0.306 e. The van der Waals surface area contributed by atoms with E-state index in [2.05, 4.69) is 0 Å². The van der Waals surface area contributed by atoms with Gasteiger partial charge in [-0.2, -0.15) is 0 Å². The highest BCUT2D eigenvalue weighted by atomic mass is 16.6. The van der Waals surface area contributed by atoms with Crippen molar-refractivity contribution in [1.29, 1.82) is 0 Å². The van der Waals surface area contributed by atoms with Crippen molar-refractivity contribution in [1.82, 2.24) is 0 Å². The predicted molar refractivity (Wildman–Crippen MR) is 72.0 cm³/mol. The quantitative estimate of drug-likeness (QED) is 0.635. The van der Waals surface area contributed by atoms with Crippen LogP contribution in [0.4, 0.5) is 0 Å². The second-order valence-corrected chi connectivity index (χ2v) is 5.20. The van der Waals surface area contributed by atoms with Gasteiger partial charge in [-0.1, -0.05) is 6.08 Å². The maximum atomic E-state index is 11.1. The summed E-state index contributed by atoms with van der Waals surface area (Å²) in [6, 6.07) is 1.51. The van der Waals surface area contributed by atoms with Gasteiger partial charge in [-0.25, -0.2) is 0 Å². The van der Waals surface area contributed by atoms with Crippen LogP contribution in [0.2, 0.25) is 0 Å². The van der Waals surface area contributed by atoms with Crippen molar-refractivity contribution in [3.8, 4) is 11.5 Å². The number of rotatable bonds is 2. The van der Waals surface area contributed by atoms with Crippen molar-refractivity contribution in [3.05, 3.63) is 28.8 Å². The third-order valence-corrected chi connectivity index (χ3v) is 3.66. The number of carbonyl (C=O) groups is 1. The molecule has 1 unspecified atom stereocenters. The topological polar surface area (TPSA) is 66.8 Å². The molecule has 4 heteroatoms.